The number of ether oxygens (including phenoxy) is 1. The molecule has 0 unspecified atom stereocenters. The van der Waals surface area contributed by atoms with Crippen LogP contribution in [0.2, 0.25) is 0 Å². The number of aryl methyl sites for hydroxylation is 1. The Balaban J connectivity index is 2.74. The molecular formula is C12H17NO3. The lowest BCUT2D eigenvalue weighted by Crippen LogP contribution is -2.15. The number of rotatable bonds is 5. The summed E-state index contributed by atoms with van der Waals surface area (Å²) in [6.45, 7) is 3.85. The molecule has 0 fully saturated rings. The zero-order valence-electron chi connectivity index (χ0n) is 9.56. The van der Waals surface area contributed by atoms with Crippen molar-refractivity contribution in [2.75, 3.05) is 6.61 Å². The molecule has 0 aromatic heterocycles. The van der Waals surface area contributed by atoms with Crippen LogP contribution in [0.25, 0.3) is 0 Å². The molecule has 4 heteroatoms. The van der Waals surface area contributed by atoms with E-state index < -0.39 is 12.0 Å². The molecule has 0 aliphatic heterocycles. The molecule has 1 rings (SSSR count). The highest BCUT2D eigenvalue weighted by atomic mass is 16.5. The van der Waals surface area contributed by atoms with Gasteiger partial charge in [0.2, 0.25) is 5.91 Å². The van der Waals surface area contributed by atoms with Crippen LogP contribution in [0.1, 0.15) is 30.6 Å². The van der Waals surface area contributed by atoms with E-state index in [0.29, 0.717) is 5.75 Å². The maximum Gasteiger partial charge on any atom is 0.220 e. The Morgan fingerprint density at radius 3 is 2.81 bits per heavy atom. The molecule has 1 atom stereocenters. The fourth-order valence-electron chi connectivity index (χ4n) is 1.39. The predicted molar refractivity (Wildman–Crippen MR) is 61.1 cm³/mol. The Morgan fingerprint density at radius 2 is 2.25 bits per heavy atom. The van der Waals surface area contributed by atoms with Crippen LogP contribution in [0.15, 0.2) is 18.2 Å². The summed E-state index contributed by atoms with van der Waals surface area (Å²) in [5, 5.41) is 9.57. The molecule has 1 aromatic rings. The summed E-state index contributed by atoms with van der Waals surface area (Å²) in [4.78, 5) is 10.6. The predicted octanol–water partition coefficient (Wildman–Crippen LogP) is 1.30. The lowest BCUT2D eigenvalue weighted by molar-refractivity contribution is -0.118. The Labute approximate surface area is 95.0 Å². The van der Waals surface area contributed by atoms with Crippen molar-refractivity contribution in [1.82, 2.24) is 0 Å². The van der Waals surface area contributed by atoms with Crippen LogP contribution in [0.5, 0.6) is 5.75 Å². The normalized spacial score (nSPS) is 12.2. The second kappa shape index (κ2) is 5.51. The number of carbonyl (C=O) groups excluding carboxylic acids is 1. The van der Waals surface area contributed by atoms with Gasteiger partial charge in [-0.1, -0.05) is 11.6 Å². The smallest absolute Gasteiger partial charge is 0.220 e. The Kier molecular flexibility index (Phi) is 4.31. The number of carbonyl (C=O) groups is 1. The molecule has 1 amide bonds. The maximum atomic E-state index is 10.6. The average molecular weight is 223 g/mol. The van der Waals surface area contributed by atoms with Crippen LogP contribution in [0.4, 0.5) is 0 Å². The van der Waals surface area contributed by atoms with E-state index in [1.807, 2.05) is 19.1 Å². The number of aliphatic hydroxyl groups is 1. The number of primary amides is 1. The Hall–Kier alpha value is -1.55. The molecule has 1 aromatic carbocycles. The van der Waals surface area contributed by atoms with Crippen LogP contribution >= 0.6 is 0 Å². The molecular weight excluding hydrogens is 206 g/mol. The maximum absolute atomic E-state index is 10.6. The van der Waals surface area contributed by atoms with Crippen molar-refractivity contribution in [1.29, 1.82) is 0 Å². The SMILES string of the molecule is Cc1ccc(OCCC(N)=O)c([C@H](C)O)c1. The second-order valence-corrected chi connectivity index (χ2v) is 3.78. The number of benzene rings is 1. The molecule has 0 aliphatic rings. The zero-order valence-corrected chi connectivity index (χ0v) is 9.56. The lowest BCUT2D eigenvalue weighted by atomic mass is 10.1. The Morgan fingerprint density at radius 1 is 1.56 bits per heavy atom. The van der Waals surface area contributed by atoms with Gasteiger partial charge < -0.3 is 15.6 Å². The van der Waals surface area contributed by atoms with Gasteiger partial charge in [0, 0.05) is 5.56 Å². The van der Waals surface area contributed by atoms with E-state index in [4.69, 9.17) is 10.5 Å². The minimum atomic E-state index is -0.594. The summed E-state index contributed by atoms with van der Waals surface area (Å²) in [6.07, 6.45) is -0.420. The molecule has 0 saturated carbocycles. The molecule has 88 valence electrons. The minimum Gasteiger partial charge on any atom is -0.493 e. The van der Waals surface area contributed by atoms with E-state index in [2.05, 4.69) is 0 Å². The van der Waals surface area contributed by atoms with Crippen molar-refractivity contribution in [2.45, 2.75) is 26.4 Å². The van der Waals surface area contributed by atoms with Crippen molar-refractivity contribution in [2.24, 2.45) is 5.73 Å². The third kappa shape index (κ3) is 3.55. The van der Waals surface area contributed by atoms with E-state index in [-0.39, 0.29) is 13.0 Å². The molecule has 16 heavy (non-hydrogen) atoms. The van der Waals surface area contributed by atoms with Crippen LogP contribution in [0, 0.1) is 6.92 Å². The molecule has 0 radical (unpaired) electrons. The first-order valence-corrected chi connectivity index (χ1v) is 5.20. The van der Waals surface area contributed by atoms with Gasteiger partial charge in [-0.3, -0.25) is 4.79 Å². The fraction of sp³-hybridized carbons (Fsp3) is 0.417. The zero-order chi connectivity index (χ0) is 12.1. The van der Waals surface area contributed by atoms with Crippen molar-refractivity contribution in [3.8, 4) is 5.75 Å². The second-order valence-electron chi connectivity index (χ2n) is 3.78. The summed E-state index contributed by atoms with van der Waals surface area (Å²) in [5.41, 5.74) is 6.79. The van der Waals surface area contributed by atoms with Gasteiger partial charge in [-0.25, -0.2) is 0 Å². The highest BCUT2D eigenvalue weighted by Gasteiger charge is 2.09. The van der Waals surface area contributed by atoms with Gasteiger partial charge in [-0.15, -0.1) is 0 Å². The molecule has 4 nitrogen and oxygen atoms in total. The number of nitrogens with two attached hydrogens (primary N) is 1. The summed E-state index contributed by atoms with van der Waals surface area (Å²) in [7, 11) is 0. The van der Waals surface area contributed by atoms with E-state index in [1.165, 1.54) is 0 Å². The quantitative estimate of drug-likeness (QED) is 0.790. The van der Waals surface area contributed by atoms with Crippen LogP contribution < -0.4 is 10.5 Å². The number of amides is 1. The van der Waals surface area contributed by atoms with Crippen molar-refractivity contribution in [3.63, 3.8) is 0 Å². The van der Waals surface area contributed by atoms with E-state index in [9.17, 15) is 9.90 Å². The van der Waals surface area contributed by atoms with E-state index >= 15 is 0 Å². The first kappa shape index (κ1) is 12.5. The minimum absolute atomic E-state index is 0.174. The monoisotopic (exact) mass is 223 g/mol. The highest BCUT2D eigenvalue weighted by molar-refractivity contribution is 5.73. The summed E-state index contributed by atoms with van der Waals surface area (Å²) < 4.78 is 5.40. The molecule has 3 N–H and O–H groups in total. The van der Waals surface area contributed by atoms with Crippen molar-refractivity contribution < 1.29 is 14.6 Å². The standard InChI is InChI=1S/C12H17NO3/c1-8-3-4-11(10(7-8)9(2)14)16-6-5-12(13)15/h3-4,7,9,14H,5-6H2,1-2H3,(H2,13,15)/t9-/m0/s1. The highest BCUT2D eigenvalue weighted by Crippen LogP contribution is 2.26. The number of aliphatic hydroxyl groups excluding tert-OH is 1. The number of hydrogen-bond acceptors (Lipinski definition) is 3. The molecule has 0 spiro atoms. The van der Waals surface area contributed by atoms with Gasteiger partial charge in [-0.2, -0.15) is 0 Å². The largest absolute Gasteiger partial charge is 0.493 e. The Bertz CT molecular complexity index is 375. The molecule has 0 saturated heterocycles. The van der Waals surface area contributed by atoms with Gasteiger partial charge in [0.1, 0.15) is 5.75 Å². The summed E-state index contributed by atoms with van der Waals surface area (Å²) in [6, 6.07) is 5.55. The van der Waals surface area contributed by atoms with E-state index in [1.54, 1.807) is 13.0 Å². The third-order valence-corrected chi connectivity index (χ3v) is 2.22. The average Bonchev–Trinajstić information content (AvgIpc) is 2.19. The summed E-state index contributed by atoms with van der Waals surface area (Å²) >= 11 is 0. The van der Waals surface area contributed by atoms with Gasteiger partial charge in [-0.05, 0) is 26.0 Å². The van der Waals surface area contributed by atoms with Crippen molar-refractivity contribution in [3.05, 3.63) is 29.3 Å². The lowest BCUT2D eigenvalue weighted by Gasteiger charge is -2.13. The van der Waals surface area contributed by atoms with Gasteiger partial charge in [0.05, 0.1) is 19.1 Å². The van der Waals surface area contributed by atoms with E-state index in [0.717, 1.165) is 11.1 Å². The fourth-order valence-corrected chi connectivity index (χ4v) is 1.39. The first-order valence-electron chi connectivity index (χ1n) is 5.20. The van der Waals surface area contributed by atoms with Gasteiger partial charge in [0.25, 0.3) is 0 Å². The topological polar surface area (TPSA) is 72.5 Å². The summed E-state index contributed by atoms with van der Waals surface area (Å²) in [5.74, 6) is 0.201. The molecule has 0 bridgehead atoms. The number of hydrogen-bond donors (Lipinski definition) is 2. The van der Waals surface area contributed by atoms with Crippen LogP contribution in [-0.2, 0) is 4.79 Å². The molecule has 0 aliphatic carbocycles. The third-order valence-electron chi connectivity index (χ3n) is 2.22. The van der Waals surface area contributed by atoms with Crippen LogP contribution in [0.3, 0.4) is 0 Å². The first-order chi connectivity index (χ1) is 7.50. The van der Waals surface area contributed by atoms with Crippen LogP contribution in [-0.4, -0.2) is 17.6 Å². The van der Waals surface area contributed by atoms with Gasteiger partial charge >= 0.3 is 0 Å². The molecule has 0 heterocycles. The van der Waals surface area contributed by atoms with Crippen molar-refractivity contribution >= 4 is 5.91 Å². The van der Waals surface area contributed by atoms with Gasteiger partial charge in [0.15, 0.2) is 0 Å².